The lowest BCUT2D eigenvalue weighted by Gasteiger charge is -2.30. The van der Waals surface area contributed by atoms with Gasteiger partial charge in [0.1, 0.15) is 0 Å². The fourth-order valence-corrected chi connectivity index (χ4v) is 3.71. The van der Waals surface area contributed by atoms with Crippen molar-refractivity contribution in [1.29, 1.82) is 0 Å². The van der Waals surface area contributed by atoms with E-state index in [-0.39, 0.29) is 0 Å². The average Bonchev–Trinajstić information content (AvgIpc) is 2.57. The van der Waals surface area contributed by atoms with Crippen LogP contribution in [0.1, 0.15) is 57.1 Å². The zero-order valence-corrected chi connectivity index (χ0v) is 16.7. The van der Waals surface area contributed by atoms with Crippen molar-refractivity contribution in [2.45, 2.75) is 64.0 Å². The van der Waals surface area contributed by atoms with Gasteiger partial charge in [0.05, 0.1) is 12.2 Å². The molecular weight excluding hydrogens is 328 g/mol. The minimum Gasteiger partial charge on any atom is -0.360 e. The predicted molar refractivity (Wildman–Crippen MR) is 110 cm³/mol. The number of nitrogens with zero attached hydrogens (tertiary/aromatic N) is 3. The minimum absolute atomic E-state index is 0.535. The monoisotopic (exact) mass is 362 g/mol. The van der Waals surface area contributed by atoms with Gasteiger partial charge in [0.25, 0.3) is 0 Å². The summed E-state index contributed by atoms with van der Waals surface area (Å²) in [4.78, 5) is 9.00. The SMILES string of the molecule is CN(C)CCCN(Cc1ccccn1)C(=S)NC1CCCCCCC1. The maximum absolute atomic E-state index is 5.79. The Morgan fingerprint density at radius 3 is 2.48 bits per heavy atom. The Labute approximate surface area is 159 Å². The van der Waals surface area contributed by atoms with Crippen molar-refractivity contribution in [3.05, 3.63) is 30.1 Å². The summed E-state index contributed by atoms with van der Waals surface area (Å²) in [6.07, 6.45) is 12.2. The maximum atomic E-state index is 5.79. The number of nitrogens with one attached hydrogen (secondary N) is 1. The second kappa shape index (κ2) is 11.4. The Morgan fingerprint density at radius 2 is 1.84 bits per heavy atom. The van der Waals surface area contributed by atoms with Crippen LogP contribution < -0.4 is 5.32 Å². The van der Waals surface area contributed by atoms with E-state index < -0.39 is 0 Å². The summed E-state index contributed by atoms with van der Waals surface area (Å²) >= 11 is 5.79. The molecule has 0 aliphatic heterocycles. The molecule has 1 aromatic rings. The zero-order valence-electron chi connectivity index (χ0n) is 15.9. The molecule has 0 spiro atoms. The van der Waals surface area contributed by atoms with Crippen LogP contribution >= 0.6 is 12.2 Å². The van der Waals surface area contributed by atoms with Gasteiger partial charge < -0.3 is 15.1 Å². The van der Waals surface area contributed by atoms with Gasteiger partial charge in [-0.05, 0) is 64.3 Å². The van der Waals surface area contributed by atoms with E-state index in [1.54, 1.807) is 0 Å². The molecule has 0 saturated heterocycles. The van der Waals surface area contributed by atoms with Crippen LogP contribution in [0, 0.1) is 0 Å². The third-order valence-corrected chi connectivity index (χ3v) is 5.21. The van der Waals surface area contributed by atoms with Crippen LogP contribution in [0.3, 0.4) is 0 Å². The third kappa shape index (κ3) is 8.15. The molecule has 2 rings (SSSR count). The van der Waals surface area contributed by atoms with Gasteiger partial charge in [-0.25, -0.2) is 0 Å². The molecule has 5 heteroatoms. The first-order valence-electron chi connectivity index (χ1n) is 9.75. The van der Waals surface area contributed by atoms with E-state index in [1.165, 1.54) is 44.9 Å². The average molecular weight is 363 g/mol. The molecule has 0 bridgehead atoms. The van der Waals surface area contributed by atoms with Gasteiger partial charge in [0.2, 0.25) is 0 Å². The van der Waals surface area contributed by atoms with E-state index in [0.717, 1.165) is 36.9 Å². The number of aromatic nitrogens is 1. The van der Waals surface area contributed by atoms with Crippen molar-refractivity contribution in [3.8, 4) is 0 Å². The predicted octanol–water partition coefficient (Wildman–Crippen LogP) is 3.82. The van der Waals surface area contributed by atoms with E-state index in [1.807, 2.05) is 18.3 Å². The van der Waals surface area contributed by atoms with Crippen molar-refractivity contribution in [3.63, 3.8) is 0 Å². The molecule has 4 nitrogen and oxygen atoms in total. The number of rotatable bonds is 7. The highest BCUT2D eigenvalue weighted by molar-refractivity contribution is 7.80. The highest BCUT2D eigenvalue weighted by atomic mass is 32.1. The number of pyridine rings is 1. The molecule has 25 heavy (non-hydrogen) atoms. The first kappa shape index (κ1) is 20.1. The van der Waals surface area contributed by atoms with Crippen molar-refractivity contribution in [2.75, 3.05) is 27.2 Å². The second-order valence-electron chi connectivity index (χ2n) is 7.39. The van der Waals surface area contributed by atoms with E-state index in [0.29, 0.717) is 6.04 Å². The summed E-state index contributed by atoms with van der Waals surface area (Å²) in [5, 5.41) is 4.56. The Balaban J connectivity index is 1.92. The lowest BCUT2D eigenvalue weighted by Crippen LogP contribution is -2.45. The molecule has 1 saturated carbocycles. The van der Waals surface area contributed by atoms with E-state index in [9.17, 15) is 0 Å². The molecule has 1 aromatic heterocycles. The molecule has 0 atom stereocenters. The van der Waals surface area contributed by atoms with Crippen LogP contribution in [0.2, 0.25) is 0 Å². The van der Waals surface area contributed by atoms with Crippen LogP contribution in [0.4, 0.5) is 0 Å². The van der Waals surface area contributed by atoms with Crippen LogP contribution in [0.25, 0.3) is 0 Å². The molecule has 1 aliphatic rings. The van der Waals surface area contributed by atoms with Gasteiger partial charge in [-0.2, -0.15) is 0 Å². The van der Waals surface area contributed by atoms with Gasteiger partial charge in [-0.3, -0.25) is 4.98 Å². The summed E-state index contributed by atoms with van der Waals surface area (Å²) in [6.45, 7) is 2.82. The number of thiocarbonyl (C=S) groups is 1. The Morgan fingerprint density at radius 1 is 1.12 bits per heavy atom. The first-order chi connectivity index (χ1) is 12.1. The summed E-state index contributed by atoms with van der Waals surface area (Å²) in [5.41, 5.74) is 1.08. The highest BCUT2D eigenvalue weighted by Crippen LogP contribution is 2.17. The number of hydrogen-bond donors (Lipinski definition) is 1. The standard InChI is InChI=1S/C20H34N4S/c1-23(2)15-10-16-24(17-19-13-8-9-14-21-19)20(25)22-18-11-6-4-3-5-7-12-18/h8-9,13-14,18H,3-7,10-12,15-17H2,1-2H3,(H,22,25). The minimum atomic E-state index is 0.535. The van der Waals surface area contributed by atoms with Gasteiger partial charge in [0, 0.05) is 18.8 Å². The molecule has 1 fully saturated rings. The normalized spacial score (nSPS) is 16.3. The van der Waals surface area contributed by atoms with Crippen molar-refractivity contribution >= 4 is 17.3 Å². The van der Waals surface area contributed by atoms with Crippen molar-refractivity contribution in [1.82, 2.24) is 20.1 Å². The van der Waals surface area contributed by atoms with Gasteiger partial charge in [-0.1, -0.05) is 38.2 Å². The quantitative estimate of drug-likeness (QED) is 0.745. The smallest absolute Gasteiger partial charge is 0.169 e. The topological polar surface area (TPSA) is 31.4 Å². The highest BCUT2D eigenvalue weighted by Gasteiger charge is 2.16. The molecule has 1 heterocycles. The second-order valence-corrected chi connectivity index (χ2v) is 7.78. The molecule has 1 N–H and O–H groups in total. The van der Waals surface area contributed by atoms with Crippen LogP contribution in [-0.2, 0) is 6.54 Å². The van der Waals surface area contributed by atoms with Gasteiger partial charge >= 0.3 is 0 Å². The Kier molecular flexibility index (Phi) is 9.19. The van der Waals surface area contributed by atoms with Crippen LogP contribution in [-0.4, -0.2) is 53.1 Å². The molecule has 0 radical (unpaired) electrons. The van der Waals surface area contributed by atoms with Crippen LogP contribution in [0.5, 0.6) is 0 Å². The lowest BCUT2D eigenvalue weighted by atomic mass is 9.97. The van der Waals surface area contributed by atoms with Crippen molar-refractivity contribution in [2.24, 2.45) is 0 Å². The summed E-state index contributed by atoms with van der Waals surface area (Å²) in [5.74, 6) is 0. The fraction of sp³-hybridized carbons (Fsp3) is 0.700. The maximum Gasteiger partial charge on any atom is 0.169 e. The summed E-state index contributed by atoms with van der Waals surface area (Å²) in [6, 6.07) is 6.63. The number of hydrogen-bond acceptors (Lipinski definition) is 3. The summed E-state index contributed by atoms with van der Waals surface area (Å²) in [7, 11) is 4.24. The zero-order chi connectivity index (χ0) is 17.9. The molecule has 1 aliphatic carbocycles. The molecule has 0 unspecified atom stereocenters. The molecule has 0 aromatic carbocycles. The molecular formula is C20H34N4S. The largest absolute Gasteiger partial charge is 0.360 e. The summed E-state index contributed by atoms with van der Waals surface area (Å²) < 4.78 is 0. The van der Waals surface area contributed by atoms with Gasteiger partial charge in [-0.15, -0.1) is 0 Å². The molecule has 140 valence electrons. The molecule has 0 amide bonds. The lowest BCUT2D eigenvalue weighted by molar-refractivity contribution is 0.331. The van der Waals surface area contributed by atoms with E-state index in [2.05, 4.69) is 40.3 Å². The fourth-order valence-electron chi connectivity index (χ4n) is 3.38. The van der Waals surface area contributed by atoms with Gasteiger partial charge in [0.15, 0.2) is 5.11 Å². The third-order valence-electron chi connectivity index (χ3n) is 4.83. The Hall–Kier alpha value is -1.20. The van der Waals surface area contributed by atoms with Crippen LogP contribution in [0.15, 0.2) is 24.4 Å². The first-order valence-corrected chi connectivity index (χ1v) is 10.2. The van der Waals surface area contributed by atoms with Crippen molar-refractivity contribution < 1.29 is 0 Å². The van der Waals surface area contributed by atoms with E-state index >= 15 is 0 Å². The Bertz CT molecular complexity index is 484. The van der Waals surface area contributed by atoms with E-state index in [4.69, 9.17) is 12.2 Å².